The summed E-state index contributed by atoms with van der Waals surface area (Å²) in [4.78, 5) is 18.9. The van der Waals surface area contributed by atoms with Crippen LogP contribution in [-0.4, -0.2) is 27.1 Å². The van der Waals surface area contributed by atoms with Crippen LogP contribution in [0.2, 0.25) is 0 Å². The van der Waals surface area contributed by atoms with Gasteiger partial charge in [-0.2, -0.15) is 0 Å². The second-order valence-electron chi connectivity index (χ2n) is 7.51. The molecule has 1 fully saturated rings. The minimum atomic E-state index is -0.966. The molecule has 128 valence electrons. The predicted octanol–water partition coefficient (Wildman–Crippen LogP) is 2.69. The number of aliphatic carboxylic acids is 1. The van der Waals surface area contributed by atoms with Gasteiger partial charge in [0.1, 0.15) is 11.9 Å². The van der Waals surface area contributed by atoms with E-state index >= 15 is 0 Å². The number of carbonyl (C=O) groups is 1. The molecule has 0 radical (unpaired) electrons. The van der Waals surface area contributed by atoms with Crippen LogP contribution in [0.25, 0.3) is 0 Å². The summed E-state index contributed by atoms with van der Waals surface area (Å²) >= 11 is 0. The number of carboxylic acids is 1. The third kappa shape index (κ3) is 3.77. The fourth-order valence-corrected chi connectivity index (χ4v) is 4.44. The van der Waals surface area contributed by atoms with E-state index in [1.165, 1.54) is 44.2 Å². The number of nitrogens with zero attached hydrogens (tertiary/aromatic N) is 1. The molecule has 0 aromatic carbocycles. The standard InChI is InChI=1S/C18H29N3O2/c1-2-3-4-11-5-6-12-8-15-16(9-13(12)7-11)21-17(20-15)10-14(19)18(22)23/h11-14H,2-10,19H2,1H3,(H,20,21)(H,22,23)/t11?,12?,13?,14-/m1/s1. The molecule has 2 aliphatic rings. The number of H-pyrrole nitrogens is 1. The normalized spacial score (nSPS) is 28.0. The van der Waals surface area contributed by atoms with Crippen molar-refractivity contribution in [3.63, 3.8) is 0 Å². The van der Waals surface area contributed by atoms with Gasteiger partial charge in [-0.1, -0.05) is 32.6 Å². The number of carboxylic acid groups (broad SMARTS) is 1. The molecule has 4 N–H and O–H groups in total. The van der Waals surface area contributed by atoms with Crippen LogP contribution in [0.4, 0.5) is 0 Å². The first-order valence-corrected chi connectivity index (χ1v) is 9.11. The number of aromatic amines is 1. The third-order valence-corrected chi connectivity index (χ3v) is 5.78. The Morgan fingerprint density at radius 3 is 2.96 bits per heavy atom. The van der Waals surface area contributed by atoms with Gasteiger partial charge in [0.05, 0.1) is 5.69 Å². The molecule has 5 heteroatoms. The summed E-state index contributed by atoms with van der Waals surface area (Å²) in [7, 11) is 0. The molecule has 4 atom stereocenters. The Morgan fingerprint density at radius 2 is 2.22 bits per heavy atom. The lowest BCUT2D eigenvalue weighted by molar-refractivity contribution is -0.138. The van der Waals surface area contributed by atoms with E-state index in [4.69, 9.17) is 10.8 Å². The van der Waals surface area contributed by atoms with Gasteiger partial charge in [0.15, 0.2) is 0 Å². The summed E-state index contributed by atoms with van der Waals surface area (Å²) in [5, 5.41) is 8.95. The summed E-state index contributed by atoms with van der Waals surface area (Å²) in [6.45, 7) is 2.27. The van der Waals surface area contributed by atoms with Crippen LogP contribution in [0.3, 0.4) is 0 Å². The van der Waals surface area contributed by atoms with Crippen molar-refractivity contribution >= 4 is 5.97 Å². The molecule has 0 saturated heterocycles. The zero-order chi connectivity index (χ0) is 16.4. The van der Waals surface area contributed by atoms with E-state index in [9.17, 15) is 4.79 Å². The van der Waals surface area contributed by atoms with Crippen molar-refractivity contribution in [3.8, 4) is 0 Å². The first-order valence-electron chi connectivity index (χ1n) is 9.11. The highest BCUT2D eigenvalue weighted by Crippen LogP contribution is 2.42. The summed E-state index contributed by atoms with van der Waals surface area (Å²) in [5.74, 6) is 2.22. The van der Waals surface area contributed by atoms with Crippen molar-refractivity contribution in [2.45, 2.75) is 70.8 Å². The predicted molar refractivity (Wildman–Crippen MR) is 89.2 cm³/mol. The Kier molecular flexibility index (Phi) is 5.05. The number of unbranched alkanes of at least 4 members (excludes halogenated alkanes) is 1. The van der Waals surface area contributed by atoms with Crippen LogP contribution in [0.5, 0.6) is 0 Å². The molecular formula is C18H29N3O2. The van der Waals surface area contributed by atoms with Gasteiger partial charge in [0.25, 0.3) is 0 Å². The zero-order valence-corrected chi connectivity index (χ0v) is 14.1. The van der Waals surface area contributed by atoms with Gasteiger partial charge >= 0.3 is 5.97 Å². The average Bonchev–Trinajstić information content (AvgIpc) is 2.91. The topological polar surface area (TPSA) is 92.0 Å². The molecular weight excluding hydrogens is 290 g/mol. The Labute approximate surface area is 138 Å². The average molecular weight is 319 g/mol. The molecule has 3 unspecified atom stereocenters. The van der Waals surface area contributed by atoms with Crippen LogP contribution in [0, 0.1) is 17.8 Å². The SMILES string of the molecule is CCCCC1CCC2Cc3[nH]c(C[C@@H](N)C(=O)O)nc3CC2C1. The van der Waals surface area contributed by atoms with Crippen LogP contribution in [0.15, 0.2) is 0 Å². The van der Waals surface area contributed by atoms with E-state index in [2.05, 4.69) is 16.9 Å². The Morgan fingerprint density at radius 1 is 1.39 bits per heavy atom. The Balaban J connectivity index is 1.64. The largest absolute Gasteiger partial charge is 0.480 e. The van der Waals surface area contributed by atoms with E-state index in [0.29, 0.717) is 0 Å². The van der Waals surface area contributed by atoms with Gasteiger partial charge in [-0.3, -0.25) is 4.79 Å². The van der Waals surface area contributed by atoms with E-state index in [-0.39, 0.29) is 6.42 Å². The maximum atomic E-state index is 10.9. The molecule has 1 aromatic rings. The minimum Gasteiger partial charge on any atom is -0.480 e. The van der Waals surface area contributed by atoms with E-state index < -0.39 is 12.0 Å². The Bertz CT molecular complexity index is 554. The Hall–Kier alpha value is -1.36. The van der Waals surface area contributed by atoms with Gasteiger partial charge in [-0.25, -0.2) is 4.98 Å². The first kappa shape index (κ1) is 16.5. The smallest absolute Gasteiger partial charge is 0.320 e. The van der Waals surface area contributed by atoms with Gasteiger partial charge < -0.3 is 15.8 Å². The maximum absolute atomic E-state index is 10.9. The number of nitrogens with two attached hydrogens (primary N) is 1. The zero-order valence-electron chi connectivity index (χ0n) is 14.1. The third-order valence-electron chi connectivity index (χ3n) is 5.78. The lowest BCUT2D eigenvalue weighted by Crippen LogP contribution is -2.32. The fraction of sp³-hybridized carbons (Fsp3) is 0.778. The number of nitrogens with one attached hydrogen (secondary N) is 1. The molecule has 1 saturated carbocycles. The highest BCUT2D eigenvalue weighted by molar-refractivity contribution is 5.73. The van der Waals surface area contributed by atoms with Crippen molar-refractivity contribution < 1.29 is 9.90 Å². The summed E-state index contributed by atoms with van der Waals surface area (Å²) < 4.78 is 0. The number of hydrogen-bond donors (Lipinski definition) is 3. The number of fused-ring (bicyclic) bond motifs is 2. The van der Waals surface area contributed by atoms with Gasteiger partial charge in [-0.05, 0) is 43.4 Å². The van der Waals surface area contributed by atoms with E-state index in [0.717, 1.165) is 42.1 Å². The molecule has 0 spiro atoms. The van der Waals surface area contributed by atoms with Gasteiger partial charge in [0, 0.05) is 12.1 Å². The molecule has 0 amide bonds. The van der Waals surface area contributed by atoms with E-state index in [1.54, 1.807) is 0 Å². The summed E-state index contributed by atoms with van der Waals surface area (Å²) in [6, 6.07) is -0.872. The number of rotatable bonds is 6. The number of aromatic nitrogens is 2. The molecule has 5 nitrogen and oxygen atoms in total. The summed E-state index contributed by atoms with van der Waals surface area (Å²) in [5.41, 5.74) is 8.02. The van der Waals surface area contributed by atoms with Crippen LogP contribution >= 0.6 is 0 Å². The number of hydrogen-bond acceptors (Lipinski definition) is 3. The van der Waals surface area contributed by atoms with Crippen molar-refractivity contribution in [3.05, 3.63) is 17.2 Å². The van der Waals surface area contributed by atoms with E-state index in [1.807, 2.05) is 0 Å². The van der Waals surface area contributed by atoms with Gasteiger partial charge in [-0.15, -0.1) is 0 Å². The summed E-state index contributed by atoms with van der Waals surface area (Å²) in [6.07, 6.45) is 10.5. The van der Waals surface area contributed by atoms with Crippen molar-refractivity contribution in [1.82, 2.24) is 9.97 Å². The first-order chi connectivity index (χ1) is 11.1. The lowest BCUT2D eigenvalue weighted by Gasteiger charge is -2.38. The van der Waals surface area contributed by atoms with Crippen molar-refractivity contribution in [1.29, 1.82) is 0 Å². The number of imidazole rings is 1. The quantitative estimate of drug-likeness (QED) is 0.751. The molecule has 1 heterocycles. The second kappa shape index (κ2) is 7.04. The van der Waals surface area contributed by atoms with Crippen molar-refractivity contribution in [2.75, 3.05) is 0 Å². The highest BCUT2D eigenvalue weighted by atomic mass is 16.4. The fourth-order valence-electron chi connectivity index (χ4n) is 4.44. The lowest BCUT2D eigenvalue weighted by atomic mass is 9.67. The molecule has 0 bridgehead atoms. The highest BCUT2D eigenvalue weighted by Gasteiger charge is 2.35. The van der Waals surface area contributed by atoms with Gasteiger partial charge in [0.2, 0.25) is 0 Å². The van der Waals surface area contributed by atoms with Crippen LogP contribution in [0.1, 0.15) is 62.7 Å². The second-order valence-corrected chi connectivity index (χ2v) is 7.51. The van der Waals surface area contributed by atoms with Crippen molar-refractivity contribution in [2.24, 2.45) is 23.5 Å². The maximum Gasteiger partial charge on any atom is 0.320 e. The molecule has 23 heavy (non-hydrogen) atoms. The molecule has 2 aliphatic carbocycles. The monoisotopic (exact) mass is 319 g/mol. The minimum absolute atomic E-state index is 0.288. The molecule has 1 aromatic heterocycles. The molecule has 0 aliphatic heterocycles. The van der Waals surface area contributed by atoms with Crippen LogP contribution in [-0.2, 0) is 24.1 Å². The molecule has 3 rings (SSSR count). The van der Waals surface area contributed by atoms with Crippen LogP contribution < -0.4 is 5.73 Å².